The number of ether oxygens (including phenoxy) is 1. The summed E-state index contributed by atoms with van der Waals surface area (Å²) in [6, 6.07) is 7.66. The molecular weight excluding hydrogens is 326 g/mol. The zero-order chi connectivity index (χ0) is 16.9. The van der Waals surface area contributed by atoms with Crippen LogP contribution in [0.4, 0.5) is 0 Å². The van der Waals surface area contributed by atoms with Crippen molar-refractivity contribution in [2.45, 2.75) is 36.4 Å². The number of tetrazole rings is 1. The van der Waals surface area contributed by atoms with Gasteiger partial charge in [-0.15, -0.1) is 5.10 Å². The summed E-state index contributed by atoms with van der Waals surface area (Å²) in [7, 11) is 3.51. The third kappa shape index (κ3) is 4.12. The predicted octanol–water partition coefficient (Wildman–Crippen LogP) is 1.85. The van der Waals surface area contributed by atoms with Crippen LogP contribution in [0.25, 0.3) is 0 Å². The van der Waals surface area contributed by atoms with Gasteiger partial charge in [0.15, 0.2) is 0 Å². The lowest BCUT2D eigenvalue weighted by Crippen LogP contribution is -2.21. The number of thioether (sulfide) groups is 1. The van der Waals surface area contributed by atoms with E-state index in [4.69, 9.17) is 4.74 Å². The van der Waals surface area contributed by atoms with Crippen molar-refractivity contribution in [3.63, 3.8) is 0 Å². The SMILES string of the molecule is CN(C)C(=O)c1cccc(CSc2nnnn2C[C@@H]2CCCO2)c1. The van der Waals surface area contributed by atoms with Gasteiger partial charge in [0.05, 0.1) is 12.6 Å². The van der Waals surface area contributed by atoms with Crippen LogP contribution in [0.15, 0.2) is 29.4 Å². The van der Waals surface area contributed by atoms with Crippen LogP contribution in [-0.2, 0) is 17.0 Å². The number of carbonyl (C=O) groups is 1. The van der Waals surface area contributed by atoms with Crippen LogP contribution in [0.1, 0.15) is 28.8 Å². The Morgan fingerprint density at radius 1 is 1.46 bits per heavy atom. The highest BCUT2D eigenvalue weighted by molar-refractivity contribution is 7.98. The molecule has 1 aliphatic heterocycles. The second-order valence-corrected chi connectivity index (χ2v) is 6.91. The van der Waals surface area contributed by atoms with E-state index in [0.717, 1.165) is 30.2 Å². The van der Waals surface area contributed by atoms with E-state index < -0.39 is 0 Å². The van der Waals surface area contributed by atoms with Gasteiger partial charge in [0.2, 0.25) is 5.16 Å². The van der Waals surface area contributed by atoms with E-state index in [0.29, 0.717) is 17.9 Å². The molecule has 1 aromatic heterocycles. The smallest absolute Gasteiger partial charge is 0.253 e. The molecule has 0 aliphatic carbocycles. The fourth-order valence-corrected chi connectivity index (χ4v) is 3.43. The Balaban J connectivity index is 1.63. The third-order valence-corrected chi connectivity index (χ3v) is 4.88. The molecule has 0 saturated carbocycles. The topological polar surface area (TPSA) is 73.1 Å². The maximum Gasteiger partial charge on any atom is 0.253 e. The van der Waals surface area contributed by atoms with Crippen molar-refractivity contribution in [1.29, 1.82) is 0 Å². The summed E-state index contributed by atoms with van der Waals surface area (Å²) in [5, 5.41) is 12.7. The van der Waals surface area contributed by atoms with E-state index in [2.05, 4.69) is 15.5 Å². The third-order valence-electron chi connectivity index (χ3n) is 3.85. The number of hydrogen-bond acceptors (Lipinski definition) is 6. The molecule has 2 heterocycles. The molecule has 3 rings (SSSR count). The summed E-state index contributed by atoms with van der Waals surface area (Å²) in [4.78, 5) is 13.6. The fourth-order valence-electron chi connectivity index (χ4n) is 2.60. The fraction of sp³-hybridized carbons (Fsp3) is 0.500. The molecular formula is C16H21N5O2S. The van der Waals surface area contributed by atoms with Crippen molar-refractivity contribution >= 4 is 17.7 Å². The Bertz CT molecular complexity index is 697. The van der Waals surface area contributed by atoms with Gasteiger partial charge < -0.3 is 9.64 Å². The normalized spacial score (nSPS) is 17.2. The number of benzene rings is 1. The maximum absolute atomic E-state index is 12.0. The highest BCUT2D eigenvalue weighted by Gasteiger charge is 2.19. The maximum atomic E-state index is 12.0. The minimum Gasteiger partial charge on any atom is -0.376 e. The zero-order valence-electron chi connectivity index (χ0n) is 13.9. The van der Waals surface area contributed by atoms with Crippen LogP contribution < -0.4 is 0 Å². The van der Waals surface area contributed by atoms with Gasteiger partial charge in [0, 0.05) is 32.0 Å². The lowest BCUT2D eigenvalue weighted by atomic mass is 10.1. The van der Waals surface area contributed by atoms with Gasteiger partial charge in [0.25, 0.3) is 5.91 Å². The number of carbonyl (C=O) groups excluding carboxylic acids is 1. The van der Waals surface area contributed by atoms with Crippen LogP contribution in [0, 0.1) is 0 Å². The monoisotopic (exact) mass is 347 g/mol. The van der Waals surface area contributed by atoms with E-state index in [1.807, 2.05) is 24.3 Å². The van der Waals surface area contributed by atoms with E-state index in [9.17, 15) is 4.79 Å². The molecule has 128 valence electrons. The molecule has 2 aromatic rings. The van der Waals surface area contributed by atoms with Crippen molar-refractivity contribution in [2.24, 2.45) is 0 Å². The van der Waals surface area contributed by atoms with Gasteiger partial charge in [-0.25, -0.2) is 4.68 Å². The van der Waals surface area contributed by atoms with E-state index in [1.54, 1.807) is 35.4 Å². The van der Waals surface area contributed by atoms with Gasteiger partial charge in [-0.3, -0.25) is 4.79 Å². The van der Waals surface area contributed by atoms with Crippen molar-refractivity contribution in [3.05, 3.63) is 35.4 Å². The quantitative estimate of drug-likeness (QED) is 0.743. The molecule has 0 radical (unpaired) electrons. The van der Waals surface area contributed by atoms with E-state index in [-0.39, 0.29) is 12.0 Å². The molecule has 1 saturated heterocycles. The van der Waals surface area contributed by atoms with E-state index >= 15 is 0 Å². The molecule has 0 bridgehead atoms. The molecule has 0 unspecified atom stereocenters. The largest absolute Gasteiger partial charge is 0.376 e. The highest BCUT2D eigenvalue weighted by Crippen LogP contribution is 2.22. The molecule has 1 fully saturated rings. The number of nitrogens with zero attached hydrogens (tertiary/aromatic N) is 5. The minimum absolute atomic E-state index is 0.00469. The lowest BCUT2D eigenvalue weighted by molar-refractivity contribution is 0.0827. The highest BCUT2D eigenvalue weighted by atomic mass is 32.2. The Kier molecular flexibility index (Phi) is 5.47. The summed E-state index contributed by atoms with van der Waals surface area (Å²) < 4.78 is 7.44. The predicted molar refractivity (Wildman–Crippen MR) is 90.8 cm³/mol. The molecule has 1 aliphatic rings. The first kappa shape index (κ1) is 16.9. The van der Waals surface area contributed by atoms with Crippen molar-refractivity contribution in [2.75, 3.05) is 20.7 Å². The first-order valence-electron chi connectivity index (χ1n) is 7.94. The molecule has 7 nitrogen and oxygen atoms in total. The molecule has 8 heteroatoms. The standard InChI is InChI=1S/C16H21N5O2S/c1-20(2)15(22)13-6-3-5-12(9-13)11-24-16-17-18-19-21(16)10-14-7-4-8-23-14/h3,5-6,9,14H,4,7-8,10-11H2,1-2H3/t14-/m0/s1. The summed E-state index contributed by atoms with van der Waals surface area (Å²) in [5.74, 6) is 0.713. The van der Waals surface area contributed by atoms with Gasteiger partial charge in [-0.2, -0.15) is 0 Å². The minimum atomic E-state index is 0.00469. The summed E-state index contributed by atoms with van der Waals surface area (Å²) in [5.41, 5.74) is 1.76. The molecule has 1 amide bonds. The number of rotatable bonds is 6. The summed E-state index contributed by atoms with van der Waals surface area (Å²) in [6.45, 7) is 1.51. The molecule has 0 N–H and O–H groups in total. The lowest BCUT2D eigenvalue weighted by Gasteiger charge is -2.11. The average Bonchev–Trinajstić information content (AvgIpc) is 3.25. The second-order valence-electron chi connectivity index (χ2n) is 5.97. The Hall–Kier alpha value is -1.93. The van der Waals surface area contributed by atoms with Crippen LogP contribution >= 0.6 is 11.8 Å². The van der Waals surface area contributed by atoms with Gasteiger partial charge in [-0.05, 0) is 41.0 Å². The van der Waals surface area contributed by atoms with Gasteiger partial charge in [0.1, 0.15) is 0 Å². The molecule has 1 aromatic carbocycles. The van der Waals surface area contributed by atoms with Crippen LogP contribution in [0.3, 0.4) is 0 Å². The zero-order valence-corrected chi connectivity index (χ0v) is 14.7. The van der Waals surface area contributed by atoms with Crippen LogP contribution in [0.2, 0.25) is 0 Å². The first-order chi connectivity index (χ1) is 11.6. The molecule has 1 atom stereocenters. The van der Waals surface area contributed by atoms with E-state index in [1.165, 1.54) is 0 Å². The van der Waals surface area contributed by atoms with Crippen molar-refractivity contribution < 1.29 is 9.53 Å². The van der Waals surface area contributed by atoms with Crippen LogP contribution in [0.5, 0.6) is 0 Å². The molecule has 24 heavy (non-hydrogen) atoms. The summed E-state index contributed by atoms with van der Waals surface area (Å²) in [6.07, 6.45) is 2.36. The van der Waals surface area contributed by atoms with Gasteiger partial charge >= 0.3 is 0 Å². The Morgan fingerprint density at radius 2 is 2.33 bits per heavy atom. The molecule has 0 spiro atoms. The Morgan fingerprint density at radius 3 is 3.08 bits per heavy atom. The Labute approximate surface area is 145 Å². The average molecular weight is 347 g/mol. The van der Waals surface area contributed by atoms with Crippen LogP contribution in [-0.4, -0.2) is 57.8 Å². The second kappa shape index (κ2) is 7.76. The first-order valence-corrected chi connectivity index (χ1v) is 8.93. The van der Waals surface area contributed by atoms with Crippen molar-refractivity contribution in [3.8, 4) is 0 Å². The number of aromatic nitrogens is 4. The number of hydrogen-bond donors (Lipinski definition) is 0. The summed E-state index contributed by atoms with van der Waals surface area (Å²) >= 11 is 1.57. The van der Waals surface area contributed by atoms with Gasteiger partial charge in [-0.1, -0.05) is 23.9 Å². The van der Waals surface area contributed by atoms with Crippen molar-refractivity contribution in [1.82, 2.24) is 25.1 Å². The number of amides is 1.